The van der Waals surface area contributed by atoms with Gasteiger partial charge in [0.2, 0.25) is 0 Å². The minimum absolute atomic E-state index is 0.0359. The number of hydrogen-bond acceptors (Lipinski definition) is 2. The second-order valence-corrected chi connectivity index (χ2v) is 4.83. The van der Waals surface area contributed by atoms with Crippen molar-refractivity contribution in [3.63, 3.8) is 0 Å². The van der Waals surface area contributed by atoms with E-state index >= 15 is 0 Å². The molecule has 0 radical (unpaired) electrons. The van der Waals surface area contributed by atoms with Crippen LogP contribution in [0.4, 0.5) is 17.6 Å². The Morgan fingerprint density at radius 1 is 1.30 bits per heavy atom. The highest BCUT2D eigenvalue weighted by Gasteiger charge is 2.56. The van der Waals surface area contributed by atoms with Gasteiger partial charge in [0.15, 0.2) is 0 Å². The van der Waals surface area contributed by atoms with Gasteiger partial charge in [-0.1, -0.05) is 6.92 Å². The molecule has 6 heteroatoms. The highest BCUT2D eigenvalue weighted by atomic mass is 19.4. The molecule has 0 saturated carbocycles. The average Bonchev–Trinajstić information content (AvgIpc) is 2.34. The predicted molar refractivity (Wildman–Crippen MR) is 67.3 cm³/mol. The molecule has 0 aromatic heterocycles. The van der Waals surface area contributed by atoms with Crippen LogP contribution in [0.5, 0.6) is 5.75 Å². The number of aliphatic hydroxyl groups excluding tert-OH is 1. The summed E-state index contributed by atoms with van der Waals surface area (Å²) in [7, 11) is 1.23. The molecular weight excluding hydrogens is 276 g/mol. The third-order valence-electron chi connectivity index (χ3n) is 3.47. The van der Waals surface area contributed by atoms with E-state index in [1.54, 1.807) is 0 Å². The quantitative estimate of drug-likeness (QED) is 0.837. The van der Waals surface area contributed by atoms with Crippen molar-refractivity contribution in [3.05, 3.63) is 29.6 Å². The number of rotatable bonds is 5. The molecule has 20 heavy (non-hydrogen) atoms. The molecule has 0 aliphatic rings. The number of methoxy groups -OCH3 is 1. The number of ether oxygens (including phenoxy) is 1. The number of halogens is 4. The first-order valence-corrected chi connectivity index (χ1v) is 6.26. The monoisotopic (exact) mass is 294 g/mol. The minimum Gasteiger partial charge on any atom is -0.496 e. The molecule has 0 saturated heterocycles. The summed E-state index contributed by atoms with van der Waals surface area (Å²) in [5.41, 5.74) is -2.62. The molecule has 1 aromatic carbocycles. The van der Waals surface area contributed by atoms with Crippen LogP contribution in [0.2, 0.25) is 0 Å². The molecule has 0 spiro atoms. The van der Waals surface area contributed by atoms with Gasteiger partial charge in [-0.05, 0) is 38.0 Å². The van der Waals surface area contributed by atoms with Crippen molar-refractivity contribution in [1.29, 1.82) is 0 Å². The average molecular weight is 294 g/mol. The van der Waals surface area contributed by atoms with Gasteiger partial charge >= 0.3 is 6.18 Å². The van der Waals surface area contributed by atoms with Gasteiger partial charge in [-0.15, -0.1) is 0 Å². The highest BCUT2D eigenvalue weighted by Crippen LogP contribution is 2.50. The van der Waals surface area contributed by atoms with Crippen LogP contribution in [-0.4, -0.2) is 24.5 Å². The zero-order chi connectivity index (χ0) is 15.6. The van der Waals surface area contributed by atoms with Gasteiger partial charge in [-0.25, -0.2) is 4.39 Å². The molecule has 0 fully saturated rings. The van der Waals surface area contributed by atoms with Crippen molar-refractivity contribution >= 4 is 0 Å². The number of benzene rings is 1. The summed E-state index contributed by atoms with van der Waals surface area (Å²) in [6.45, 7) is 2.64. The Balaban J connectivity index is 3.55. The lowest BCUT2D eigenvalue weighted by Gasteiger charge is -2.37. The van der Waals surface area contributed by atoms with Crippen molar-refractivity contribution < 1.29 is 27.4 Å². The van der Waals surface area contributed by atoms with Crippen molar-refractivity contribution in [3.8, 4) is 5.75 Å². The van der Waals surface area contributed by atoms with Gasteiger partial charge in [-0.2, -0.15) is 13.2 Å². The Morgan fingerprint density at radius 3 is 2.30 bits per heavy atom. The van der Waals surface area contributed by atoms with Crippen molar-refractivity contribution in [2.24, 2.45) is 0 Å². The lowest BCUT2D eigenvalue weighted by Crippen LogP contribution is -2.44. The van der Waals surface area contributed by atoms with Gasteiger partial charge in [0.25, 0.3) is 0 Å². The van der Waals surface area contributed by atoms with Crippen molar-refractivity contribution in [2.45, 2.75) is 44.4 Å². The van der Waals surface area contributed by atoms with Crippen LogP contribution in [0.15, 0.2) is 18.2 Å². The predicted octanol–water partition coefficient (Wildman–Crippen LogP) is 3.82. The lowest BCUT2D eigenvalue weighted by molar-refractivity contribution is -0.200. The third kappa shape index (κ3) is 3.06. The molecular formula is C14H18F4O2. The van der Waals surface area contributed by atoms with Gasteiger partial charge in [0.1, 0.15) is 11.6 Å². The Hall–Kier alpha value is -1.30. The fourth-order valence-corrected chi connectivity index (χ4v) is 2.47. The van der Waals surface area contributed by atoms with E-state index in [9.17, 15) is 22.7 Å². The molecule has 1 rings (SSSR count). The van der Waals surface area contributed by atoms with Crippen molar-refractivity contribution in [2.75, 3.05) is 7.11 Å². The highest BCUT2D eigenvalue weighted by molar-refractivity contribution is 5.41. The van der Waals surface area contributed by atoms with Gasteiger partial charge in [0, 0.05) is 5.56 Å². The van der Waals surface area contributed by atoms with Crippen LogP contribution in [0.3, 0.4) is 0 Å². The summed E-state index contributed by atoms with van der Waals surface area (Å²) in [6, 6.07) is 3.04. The fraction of sp³-hybridized carbons (Fsp3) is 0.571. The molecule has 0 aliphatic heterocycles. The number of alkyl halides is 3. The van der Waals surface area contributed by atoms with E-state index in [2.05, 4.69) is 0 Å². The van der Waals surface area contributed by atoms with Crippen LogP contribution in [0.25, 0.3) is 0 Å². The van der Waals surface area contributed by atoms with Crippen LogP contribution in [-0.2, 0) is 5.41 Å². The molecule has 1 N–H and O–H groups in total. The number of hydrogen-bond donors (Lipinski definition) is 1. The standard InChI is InChI=1S/C14H18F4O2/c1-4-13(8-9(2)19,14(16,17)18)11-7-10(15)5-6-12(11)20-3/h5-7,9,19H,4,8H2,1-3H3. The first-order chi connectivity index (χ1) is 9.17. The lowest BCUT2D eigenvalue weighted by atomic mass is 9.73. The maximum absolute atomic E-state index is 13.6. The van der Waals surface area contributed by atoms with E-state index in [0.717, 1.165) is 12.1 Å². The summed E-state index contributed by atoms with van der Waals surface area (Å²) >= 11 is 0. The topological polar surface area (TPSA) is 29.5 Å². The molecule has 0 amide bonds. The summed E-state index contributed by atoms with van der Waals surface area (Å²) in [4.78, 5) is 0. The Morgan fingerprint density at radius 2 is 1.90 bits per heavy atom. The van der Waals surface area contributed by atoms with E-state index in [1.807, 2.05) is 0 Å². The smallest absolute Gasteiger partial charge is 0.398 e. The van der Waals surface area contributed by atoms with Gasteiger partial charge in [0.05, 0.1) is 18.6 Å². The fourth-order valence-electron chi connectivity index (χ4n) is 2.47. The number of aliphatic hydroxyl groups is 1. The zero-order valence-electron chi connectivity index (χ0n) is 11.6. The Kier molecular flexibility index (Phi) is 5.02. The van der Waals surface area contributed by atoms with Gasteiger partial charge < -0.3 is 9.84 Å². The minimum atomic E-state index is -4.63. The van der Waals surface area contributed by atoms with Crippen LogP contribution in [0, 0.1) is 5.82 Å². The first-order valence-electron chi connectivity index (χ1n) is 6.26. The second kappa shape index (κ2) is 5.99. The third-order valence-corrected chi connectivity index (χ3v) is 3.47. The molecule has 0 aliphatic carbocycles. The molecule has 0 heterocycles. The molecule has 2 nitrogen and oxygen atoms in total. The summed E-state index contributed by atoms with van der Waals surface area (Å²) in [5, 5.41) is 9.44. The largest absolute Gasteiger partial charge is 0.496 e. The van der Waals surface area contributed by atoms with Crippen LogP contribution in [0.1, 0.15) is 32.3 Å². The van der Waals surface area contributed by atoms with E-state index in [0.29, 0.717) is 0 Å². The maximum atomic E-state index is 13.6. The van der Waals surface area contributed by atoms with Crippen LogP contribution < -0.4 is 4.74 Å². The zero-order valence-corrected chi connectivity index (χ0v) is 11.6. The molecule has 2 atom stereocenters. The van der Waals surface area contributed by atoms with Crippen molar-refractivity contribution in [1.82, 2.24) is 0 Å². The van der Waals surface area contributed by atoms with E-state index in [-0.39, 0.29) is 17.7 Å². The Labute approximate surface area is 115 Å². The van der Waals surface area contributed by atoms with Gasteiger partial charge in [-0.3, -0.25) is 0 Å². The second-order valence-electron chi connectivity index (χ2n) is 4.83. The van der Waals surface area contributed by atoms with E-state index in [4.69, 9.17) is 4.74 Å². The SMILES string of the molecule is CCC(CC(C)O)(c1cc(F)ccc1OC)C(F)(F)F. The molecule has 114 valence electrons. The molecule has 0 bridgehead atoms. The Bertz CT molecular complexity index is 457. The summed E-state index contributed by atoms with van der Waals surface area (Å²) in [6.07, 6.45) is -6.67. The van der Waals surface area contributed by atoms with E-state index in [1.165, 1.54) is 27.0 Å². The summed E-state index contributed by atoms with van der Waals surface area (Å²) < 4.78 is 59.1. The van der Waals surface area contributed by atoms with E-state index < -0.39 is 29.9 Å². The molecule has 1 aromatic rings. The molecule has 2 unspecified atom stereocenters. The normalized spacial score (nSPS) is 16.6. The maximum Gasteiger partial charge on any atom is 0.398 e. The van der Waals surface area contributed by atoms with Crippen LogP contribution >= 0.6 is 0 Å². The first kappa shape index (κ1) is 16.8. The summed E-state index contributed by atoms with van der Waals surface area (Å²) in [5.74, 6) is -0.806.